The molecule has 0 spiro atoms. The van der Waals surface area contributed by atoms with Crippen LogP contribution in [0.1, 0.15) is 31.5 Å². The Labute approximate surface area is 91.9 Å². The topological polar surface area (TPSA) is 29.9 Å². The lowest BCUT2D eigenvalue weighted by Gasteiger charge is -2.22. The van der Waals surface area contributed by atoms with Gasteiger partial charge in [-0.25, -0.2) is 4.98 Å². The third-order valence-corrected chi connectivity index (χ3v) is 3.66. The maximum Gasteiger partial charge on any atom is 0.109 e. The highest BCUT2D eigenvalue weighted by Gasteiger charge is 2.24. The first kappa shape index (κ1) is 10.7. The van der Waals surface area contributed by atoms with Crippen molar-refractivity contribution in [2.45, 2.75) is 38.1 Å². The lowest BCUT2D eigenvalue weighted by Crippen LogP contribution is -2.35. The second-order valence-electron chi connectivity index (χ2n) is 4.60. The van der Waals surface area contributed by atoms with Gasteiger partial charge in [-0.2, -0.15) is 0 Å². The third kappa shape index (κ3) is 2.40. The molecule has 3 nitrogen and oxygen atoms in total. The summed E-state index contributed by atoms with van der Waals surface area (Å²) >= 11 is 0. The van der Waals surface area contributed by atoms with Gasteiger partial charge in [0.25, 0.3) is 0 Å². The summed E-state index contributed by atoms with van der Waals surface area (Å²) in [5.74, 6) is 2.05. The van der Waals surface area contributed by atoms with Crippen molar-refractivity contribution in [3.05, 3.63) is 18.2 Å². The fourth-order valence-electron chi connectivity index (χ4n) is 2.65. The number of imidazole rings is 1. The van der Waals surface area contributed by atoms with E-state index >= 15 is 0 Å². The molecular formula is C12H21N3. The molecule has 0 bridgehead atoms. The maximum atomic E-state index is 4.40. The highest BCUT2D eigenvalue weighted by Crippen LogP contribution is 2.28. The van der Waals surface area contributed by atoms with Crippen molar-refractivity contribution in [1.29, 1.82) is 0 Å². The quantitative estimate of drug-likeness (QED) is 0.815. The Morgan fingerprint density at radius 3 is 2.80 bits per heavy atom. The maximum absolute atomic E-state index is 4.40. The SMILES string of the molecule is CNC(Cc1nccn1C)C1CCCC1. The molecule has 1 saturated carbocycles. The van der Waals surface area contributed by atoms with Gasteiger partial charge < -0.3 is 9.88 Å². The predicted octanol–water partition coefficient (Wildman–Crippen LogP) is 1.74. The molecule has 0 aliphatic heterocycles. The Morgan fingerprint density at radius 2 is 2.27 bits per heavy atom. The van der Waals surface area contributed by atoms with E-state index < -0.39 is 0 Å². The Morgan fingerprint density at radius 1 is 1.53 bits per heavy atom. The number of aryl methyl sites for hydroxylation is 1. The third-order valence-electron chi connectivity index (χ3n) is 3.66. The van der Waals surface area contributed by atoms with Crippen molar-refractivity contribution in [2.75, 3.05) is 7.05 Å². The van der Waals surface area contributed by atoms with Crippen LogP contribution < -0.4 is 5.32 Å². The molecule has 1 N–H and O–H groups in total. The predicted molar refractivity (Wildman–Crippen MR) is 61.7 cm³/mol. The summed E-state index contributed by atoms with van der Waals surface area (Å²) in [7, 11) is 4.15. The van der Waals surface area contributed by atoms with E-state index in [0.717, 1.165) is 12.3 Å². The van der Waals surface area contributed by atoms with Crippen molar-refractivity contribution >= 4 is 0 Å². The van der Waals surface area contributed by atoms with E-state index in [1.54, 1.807) is 0 Å². The molecule has 1 aliphatic rings. The first-order chi connectivity index (χ1) is 7.31. The minimum Gasteiger partial charge on any atom is -0.338 e. The van der Waals surface area contributed by atoms with Crippen molar-refractivity contribution < 1.29 is 0 Å². The zero-order valence-corrected chi connectivity index (χ0v) is 9.74. The molecule has 3 heteroatoms. The highest BCUT2D eigenvalue weighted by molar-refractivity contribution is 4.96. The van der Waals surface area contributed by atoms with Gasteiger partial charge in [0.15, 0.2) is 0 Å². The van der Waals surface area contributed by atoms with Crippen molar-refractivity contribution in [3.63, 3.8) is 0 Å². The molecule has 0 aromatic carbocycles. The van der Waals surface area contributed by atoms with Crippen LogP contribution >= 0.6 is 0 Å². The van der Waals surface area contributed by atoms with Crippen LogP contribution in [0.2, 0.25) is 0 Å². The van der Waals surface area contributed by atoms with E-state index in [1.165, 1.54) is 31.5 Å². The molecule has 1 aromatic rings. The fourth-order valence-corrected chi connectivity index (χ4v) is 2.65. The van der Waals surface area contributed by atoms with Crippen LogP contribution in [0, 0.1) is 5.92 Å². The summed E-state index contributed by atoms with van der Waals surface area (Å²) in [6.07, 6.45) is 10.6. The summed E-state index contributed by atoms with van der Waals surface area (Å²) in [4.78, 5) is 4.40. The van der Waals surface area contributed by atoms with Crippen LogP contribution in [0.15, 0.2) is 12.4 Å². The summed E-state index contributed by atoms with van der Waals surface area (Å²) in [6.45, 7) is 0. The van der Waals surface area contributed by atoms with Crippen molar-refractivity contribution in [1.82, 2.24) is 14.9 Å². The van der Waals surface area contributed by atoms with E-state index in [2.05, 4.69) is 29.0 Å². The Kier molecular flexibility index (Phi) is 3.41. The summed E-state index contributed by atoms with van der Waals surface area (Å²) in [5.41, 5.74) is 0. The number of likely N-dealkylation sites (N-methyl/N-ethyl adjacent to an activating group) is 1. The molecule has 0 amide bonds. The van der Waals surface area contributed by atoms with Gasteiger partial charge in [-0.15, -0.1) is 0 Å². The summed E-state index contributed by atoms with van der Waals surface area (Å²) in [6, 6.07) is 0.605. The molecule has 1 aliphatic carbocycles. The minimum atomic E-state index is 0.605. The van der Waals surface area contributed by atoms with Gasteiger partial charge in [-0.3, -0.25) is 0 Å². The fraction of sp³-hybridized carbons (Fsp3) is 0.750. The molecular weight excluding hydrogens is 186 g/mol. The Hall–Kier alpha value is -0.830. The molecule has 1 heterocycles. The monoisotopic (exact) mass is 207 g/mol. The molecule has 1 unspecified atom stereocenters. The molecule has 15 heavy (non-hydrogen) atoms. The summed E-state index contributed by atoms with van der Waals surface area (Å²) < 4.78 is 2.12. The number of aromatic nitrogens is 2. The molecule has 0 saturated heterocycles. The van der Waals surface area contributed by atoms with Crippen molar-refractivity contribution in [2.24, 2.45) is 13.0 Å². The van der Waals surface area contributed by atoms with E-state index in [1.807, 2.05) is 12.4 Å². The standard InChI is InChI=1S/C12H21N3/c1-13-11(10-5-3-4-6-10)9-12-14-7-8-15(12)2/h7-8,10-11,13H,3-6,9H2,1-2H3. The van der Waals surface area contributed by atoms with Gasteiger partial charge >= 0.3 is 0 Å². The van der Waals surface area contributed by atoms with E-state index in [4.69, 9.17) is 0 Å². The van der Waals surface area contributed by atoms with E-state index in [0.29, 0.717) is 6.04 Å². The lowest BCUT2D eigenvalue weighted by atomic mass is 9.95. The molecule has 84 valence electrons. The Bertz CT molecular complexity index is 300. The van der Waals surface area contributed by atoms with Gasteiger partial charge in [0, 0.05) is 31.9 Å². The van der Waals surface area contributed by atoms with E-state index in [9.17, 15) is 0 Å². The second-order valence-corrected chi connectivity index (χ2v) is 4.60. The number of nitrogens with zero attached hydrogens (tertiary/aromatic N) is 2. The zero-order chi connectivity index (χ0) is 10.7. The van der Waals surface area contributed by atoms with Crippen LogP contribution in [0.25, 0.3) is 0 Å². The average Bonchev–Trinajstić information content (AvgIpc) is 2.86. The van der Waals surface area contributed by atoms with Gasteiger partial charge in [0.05, 0.1) is 0 Å². The zero-order valence-electron chi connectivity index (χ0n) is 9.74. The van der Waals surface area contributed by atoms with Gasteiger partial charge in [0.2, 0.25) is 0 Å². The number of hydrogen-bond donors (Lipinski definition) is 1. The molecule has 1 aromatic heterocycles. The minimum absolute atomic E-state index is 0.605. The number of nitrogens with one attached hydrogen (secondary N) is 1. The van der Waals surface area contributed by atoms with Gasteiger partial charge in [-0.1, -0.05) is 12.8 Å². The summed E-state index contributed by atoms with van der Waals surface area (Å²) in [5, 5.41) is 3.46. The van der Waals surface area contributed by atoms with Gasteiger partial charge in [0.1, 0.15) is 5.82 Å². The van der Waals surface area contributed by atoms with Crippen LogP contribution in [-0.2, 0) is 13.5 Å². The van der Waals surface area contributed by atoms with Crippen LogP contribution in [0.4, 0.5) is 0 Å². The van der Waals surface area contributed by atoms with Gasteiger partial charge in [-0.05, 0) is 25.8 Å². The first-order valence-corrected chi connectivity index (χ1v) is 5.94. The number of hydrogen-bond acceptors (Lipinski definition) is 2. The molecule has 1 atom stereocenters. The van der Waals surface area contributed by atoms with Crippen LogP contribution in [0.3, 0.4) is 0 Å². The highest BCUT2D eigenvalue weighted by atomic mass is 15.0. The average molecular weight is 207 g/mol. The first-order valence-electron chi connectivity index (χ1n) is 5.94. The largest absolute Gasteiger partial charge is 0.338 e. The smallest absolute Gasteiger partial charge is 0.109 e. The molecule has 0 radical (unpaired) electrons. The number of rotatable bonds is 4. The van der Waals surface area contributed by atoms with Crippen LogP contribution in [0.5, 0.6) is 0 Å². The molecule has 2 rings (SSSR count). The Balaban J connectivity index is 1.98. The van der Waals surface area contributed by atoms with Crippen LogP contribution in [-0.4, -0.2) is 22.6 Å². The normalized spacial score (nSPS) is 19.6. The second kappa shape index (κ2) is 4.79. The van der Waals surface area contributed by atoms with E-state index in [-0.39, 0.29) is 0 Å². The van der Waals surface area contributed by atoms with Crippen molar-refractivity contribution in [3.8, 4) is 0 Å². The molecule has 1 fully saturated rings. The lowest BCUT2D eigenvalue weighted by molar-refractivity contribution is 0.369.